The summed E-state index contributed by atoms with van der Waals surface area (Å²) in [5.41, 5.74) is 1.78. The Bertz CT molecular complexity index is 729. The van der Waals surface area contributed by atoms with Crippen LogP contribution in [0.25, 0.3) is 16.4 Å². The lowest BCUT2D eigenvalue weighted by atomic mass is 10.3. The molecule has 1 saturated carbocycles. The van der Waals surface area contributed by atoms with E-state index < -0.39 is 0 Å². The third-order valence-electron chi connectivity index (χ3n) is 3.39. The lowest BCUT2D eigenvalue weighted by Crippen LogP contribution is -2.14. The van der Waals surface area contributed by atoms with Gasteiger partial charge in [0.15, 0.2) is 0 Å². The van der Waals surface area contributed by atoms with Gasteiger partial charge in [-0.15, -0.1) is 16.4 Å². The van der Waals surface area contributed by atoms with E-state index in [2.05, 4.69) is 20.5 Å². The lowest BCUT2D eigenvalue weighted by molar-refractivity contribution is 0.694. The van der Waals surface area contributed by atoms with E-state index in [1.54, 1.807) is 22.3 Å². The maximum atomic E-state index is 4.50. The molecule has 3 aromatic rings. The maximum absolute atomic E-state index is 4.50. The van der Waals surface area contributed by atoms with Crippen LogP contribution in [0.1, 0.15) is 17.7 Å². The van der Waals surface area contributed by atoms with Crippen LogP contribution < -0.4 is 5.32 Å². The van der Waals surface area contributed by atoms with Gasteiger partial charge in [0.2, 0.25) is 0 Å². The summed E-state index contributed by atoms with van der Waals surface area (Å²) in [7, 11) is 0. The first-order valence-corrected chi connectivity index (χ1v) is 7.86. The van der Waals surface area contributed by atoms with Gasteiger partial charge in [0.1, 0.15) is 10.7 Å². The summed E-state index contributed by atoms with van der Waals surface area (Å²) >= 11 is 1.67. The largest absolute Gasteiger partial charge is 0.309 e. The average Bonchev–Trinajstić information content (AvgIpc) is 3.03. The van der Waals surface area contributed by atoms with E-state index in [1.165, 1.54) is 17.7 Å². The van der Waals surface area contributed by atoms with Crippen LogP contribution in [0.3, 0.4) is 0 Å². The van der Waals surface area contributed by atoms with Gasteiger partial charge in [0, 0.05) is 23.7 Å². The molecule has 1 aliphatic carbocycles. The van der Waals surface area contributed by atoms with Gasteiger partial charge in [-0.1, -0.05) is 18.2 Å². The van der Waals surface area contributed by atoms with Crippen molar-refractivity contribution in [1.82, 2.24) is 25.3 Å². The van der Waals surface area contributed by atoms with Gasteiger partial charge in [0.05, 0.1) is 11.9 Å². The van der Waals surface area contributed by atoms with E-state index in [0.717, 1.165) is 29.0 Å². The van der Waals surface area contributed by atoms with Crippen molar-refractivity contribution in [3.05, 3.63) is 47.6 Å². The molecular formula is C15H15N5S. The Morgan fingerprint density at radius 1 is 1.19 bits per heavy atom. The molecule has 5 nitrogen and oxygen atoms in total. The molecule has 0 bridgehead atoms. The molecule has 1 N–H and O–H groups in total. The monoisotopic (exact) mass is 297 g/mol. The molecule has 1 aromatic carbocycles. The highest BCUT2D eigenvalue weighted by Gasteiger charge is 2.20. The van der Waals surface area contributed by atoms with Crippen LogP contribution in [0.5, 0.6) is 0 Å². The third-order valence-corrected chi connectivity index (χ3v) is 4.41. The second-order valence-electron chi connectivity index (χ2n) is 5.14. The van der Waals surface area contributed by atoms with Crippen molar-refractivity contribution in [3.63, 3.8) is 0 Å². The van der Waals surface area contributed by atoms with Crippen LogP contribution >= 0.6 is 11.3 Å². The van der Waals surface area contributed by atoms with Crippen LogP contribution in [-0.4, -0.2) is 26.0 Å². The summed E-state index contributed by atoms with van der Waals surface area (Å²) in [4.78, 5) is 7.33. The lowest BCUT2D eigenvalue weighted by Gasteiger charge is -1.97. The van der Waals surface area contributed by atoms with Gasteiger partial charge in [-0.3, -0.25) is 0 Å². The molecule has 2 heterocycles. The van der Waals surface area contributed by atoms with Gasteiger partial charge >= 0.3 is 0 Å². The second kappa shape index (κ2) is 5.38. The summed E-state index contributed by atoms with van der Waals surface area (Å²) in [6.07, 6.45) is 6.30. The summed E-state index contributed by atoms with van der Waals surface area (Å²) in [6, 6.07) is 10.6. The summed E-state index contributed by atoms with van der Waals surface area (Å²) in [5.74, 6) is 0. The number of para-hydroxylation sites is 1. The Balaban J connectivity index is 1.52. The van der Waals surface area contributed by atoms with Gasteiger partial charge in [-0.05, 0) is 25.0 Å². The van der Waals surface area contributed by atoms with E-state index in [9.17, 15) is 0 Å². The van der Waals surface area contributed by atoms with Crippen molar-refractivity contribution >= 4 is 11.3 Å². The first kappa shape index (κ1) is 12.7. The average molecular weight is 297 g/mol. The molecule has 0 radical (unpaired) electrons. The Labute approximate surface area is 126 Å². The van der Waals surface area contributed by atoms with E-state index >= 15 is 0 Å². The van der Waals surface area contributed by atoms with E-state index in [4.69, 9.17) is 0 Å². The summed E-state index contributed by atoms with van der Waals surface area (Å²) in [6.45, 7) is 0.898. The zero-order valence-electron chi connectivity index (χ0n) is 11.4. The van der Waals surface area contributed by atoms with Gasteiger partial charge in [0.25, 0.3) is 0 Å². The Hall–Kier alpha value is -2.05. The second-order valence-corrected chi connectivity index (χ2v) is 6.26. The van der Waals surface area contributed by atoms with Crippen molar-refractivity contribution in [3.8, 4) is 16.4 Å². The van der Waals surface area contributed by atoms with Crippen molar-refractivity contribution in [2.75, 3.05) is 0 Å². The van der Waals surface area contributed by atoms with Crippen molar-refractivity contribution in [2.45, 2.75) is 25.4 Å². The fourth-order valence-electron chi connectivity index (χ4n) is 2.09. The molecule has 2 aromatic heterocycles. The van der Waals surface area contributed by atoms with Crippen molar-refractivity contribution in [1.29, 1.82) is 0 Å². The zero-order chi connectivity index (χ0) is 14.1. The van der Waals surface area contributed by atoms with Crippen LogP contribution in [0.4, 0.5) is 0 Å². The molecule has 4 rings (SSSR count). The highest BCUT2D eigenvalue weighted by atomic mass is 32.1. The normalized spacial score (nSPS) is 14.5. The van der Waals surface area contributed by atoms with E-state index in [0.29, 0.717) is 0 Å². The zero-order valence-corrected chi connectivity index (χ0v) is 12.3. The van der Waals surface area contributed by atoms with Gasteiger partial charge in [-0.2, -0.15) is 9.90 Å². The smallest absolute Gasteiger partial charge is 0.145 e. The van der Waals surface area contributed by atoms with Crippen LogP contribution in [0.2, 0.25) is 0 Å². The minimum Gasteiger partial charge on any atom is -0.309 e. The molecule has 0 saturated heterocycles. The van der Waals surface area contributed by atoms with E-state index in [1.807, 2.05) is 36.5 Å². The predicted molar refractivity (Wildman–Crippen MR) is 82.3 cm³/mol. The van der Waals surface area contributed by atoms with Gasteiger partial charge in [-0.25, -0.2) is 4.98 Å². The topological polar surface area (TPSA) is 55.6 Å². The number of rotatable bonds is 5. The SMILES string of the molecule is c1ccc(-n2ncc(-c3ncc(CNC4CC4)s3)n2)cc1. The molecule has 1 fully saturated rings. The van der Waals surface area contributed by atoms with Crippen molar-refractivity contribution in [2.24, 2.45) is 0 Å². The minimum atomic E-state index is 0.717. The molecular weight excluding hydrogens is 282 g/mol. The number of nitrogens with one attached hydrogen (secondary N) is 1. The number of hydrogen-bond donors (Lipinski definition) is 1. The molecule has 6 heteroatoms. The van der Waals surface area contributed by atoms with Crippen LogP contribution in [0, 0.1) is 0 Å². The Kier molecular flexibility index (Phi) is 3.25. The standard InChI is InChI=1S/C15H15N5S/c1-2-4-12(5-3-1)20-18-10-14(19-20)15-17-9-13(21-15)8-16-11-6-7-11/h1-5,9-11,16H,6-8H2. The Morgan fingerprint density at radius 2 is 2.05 bits per heavy atom. The maximum Gasteiger partial charge on any atom is 0.145 e. The molecule has 0 spiro atoms. The summed E-state index contributed by atoms with van der Waals surface area (Å²) < 4.78 is 0. The number of aromatic nitrogens is 4. The quantitative estimate of drug-likeness (QED) is 0.786. The summed E-state index contributed by atoms with van der Waals surface area (Å²) in [5, 5.41) is 13.2. The van der Waals surface area contributed by atoms with Crippen LogP contribution in [0.15, 0.2) is 42.7 Å². The van der Waals surface area contributed by atoms with Gasteiger partial charge < -0.3 is 5.32 Å². The van der Waals surface area contributed by atoms with E-state index in [-0.39, 0.29) is 0 Å². The first-order chi connectivity index (χ1) is 10.4. The number of benzene rings is 1. The molecule has 0 unspecified atom stereocenters. The van der Waals surface area contributed by atoms with Crippen LogP contribution in [-0.2, 0) is 6.54 Å². The predicted octanol–water partition coefficient (Wildman–Crippen LogP) is 2.64. The molecule has 21 heavy (non-hydrogen) atoms. The number of nitrogens with zero attached hydrogens (tertiary/aromatic N) is 4. The Morgan fingerprint density at radius 3 is 2.86 bits per heavy atom. The number of hydrogen-bond acceptors (Lipinski definition) is 5. The highest BCUT2D eigenvalue weighted by molar-refractivity contribution is 7.14. The molecule has 0 aliphatic heterocycles. The molecule has 1 aliphatic rings. The molecule has 106 valence electrons. The highest BCUT2D eigenvalue weighted by Crippen LogP contribution is 2.25. The minimum absolute atomic E-state index is 0.717. The first-order valence-electron chi connectivity index (χ1n) is 7.05. The fourth-order valence-corrected chi connectivity index (χ4v) is 2.90. The fraction of sp³-hybridized carbons (Fsp3) is 0.267. The molecule has 0 atom stereocenters. The number of thiazole rings is 1. The third kappa shape index (κ3) is 2.86. The molecule has 0 amide bonds. The van der Waals surface area contributed by atoms with Crippen molar-refractivity contribution < 1.29 is 0 Å².